The van der Waals surface area contributed by atoms with Crippen LogP contribution in [-0.2, 0) is 4.79 Å². The predicted octanol–water partition coefficient (Wildman–Crippen LogP) is 0.603. The van der Waals surface area contributed by atoms with E-state index in [0.717, 1.165) is 16.7 Å². The second kappa shape index (κ2) is 6.52. The van der Waals surface area contributed by atoms with Crippen molar-refractivity contribution in [3.63, 3.8) is 0 Å². The maximum absolute atomic E-state index is 12.7. The van der Waals surface area contributed by atoms with Crippen molar-refractivity contribution in [1.82, 2.24) is 15.2 Å². The largest absolute Gasteiger partial charge is 0.497 e. The number of benzene rings is 1. The number of rotatable bonds is 4. The first-order valence-electron chi connectivity index (χ1n) is 7.86. The van der Waals surface area contributed by atoms with E-state index in [2.05, 4.69) is 10.3 Å². The molecule has 0 bridgehead atoms. The van der Waals surface area contributed by atoms with Crippen molar-refractivity contribution in [1.29, 1.82) is 0 Å². The minimum absolute atomic E-state index is 0.119. The van der Waals surface area contributed by atoms with Crippen LogP contribution in [0.2, 0.25) is 0 Å². The van der Waals surface area contributed by atoms with Crippen LogP contribution < -0.4 is 10.1 Å². The van der Waals surface area contributed by atoms with Crippen molar-refractivity contribution in [3.05, 3.63) is 30.0 Å². The molecule has 1 aromatic carbocycles. The highest BCUT2D eigenvalue weighted by molar-refractivity contribution is 5.98. The summed E-state index contributed by atoms with van der Waals surface area (Å²) in [5.74, 6) is -0.214. The maximum Gasteiger partial charge on any atom is 0.270 e. The number of ether oxygens (including phenoxy) is 1. The van der Waals surface area contributed by atoms with Gasteiger partial charge in [-0.1, -0.05) is 0 Å². The number of hydrogen-bond donors (Lipinski definition) is 3. The van der Waals surface area contributed by atoms with Crippen LogP contribution in [0.15, 0.2) is 24.3 Å². The van der Waals surface area contributed by atoms with Crippen LogP contribution in [0.3, 0.4) is 0 Å². The summed E-state index contributed by atoms with van der Waals surface area (Å²) in [6.07, 6.45) is 0. The molecule has 1 aliphatic rings. The fourth-order valence-corrected chi connectivity index (χ4v) is 3.23. The molecule has 0 unspecified atom stereocenters. The molecule has 7 heteroatoms. The summed E-state index contributed by atoms with van der Waals surface area (Å²) in [7, 11) is 3.16. The Morgan fingerprint density at radius 2 is 2.17 bits per heavy atom. The number of hydrogen-bond acceptors (Lipinski definition) is 4. The number of aliphatic hydroxyl groups excluding tert-OH is 1. The molecule has 1 fully saturated rings. The van der Waals surface area contributed by atoms with Gasteiger partial charge in [0, 0.05) is 43.6 Å². The number of H-pyrrole nitrogens is 1. The monoisotopic (exact) mass is 331 g/mol. The van der Waals surface area contributed by atoms with E-state index in [1.54, 1.807) is 25.1 Å². The molecule has 2 heterocycles. The van der Waals surface area contributed by atoms with Gasteiger partial charge >= 0.3 is 0 Å². The zero-order chi connectivity index (χ0) is 17.3. The van der Waals surface area contributed by atoms with Gasteiger partial charge in [-0.2, -0.15) is 0 Å². The van der Waals surface area contributed by atoms with Crippen LogP contribution in [0.5, 0.6) is 5.75 Å². The molecule has 0 saturated carbocycles. The normalized spacial score (nSPS) is 20.4. The molecule has 1 aliphatic heterocycles. The van der Waals surface area contributed by atoms with E-state index < -0.39 is 0 Å². The third-order valence-corrected chi connectivity index (χ3v) is 4.60. The first kappa shape index (κ1) is 16.3. The Hall–Kier alpha value is -2.54. The van der Waals surface area contributed by atoms with E-state index in [-0.39, 0.29) is 30.3 Å². The number of carbonyl (C=O) groups is 2. The van der Waals surface area contributed by atoms with E-state index in [4.69, 9.17) is 4.74 Å². The third-order valence-electron chi connectivity index (χ3n) is 4.60. The molecule has 3 N–H and O–H groups in total. The number of methoxy groups -OCH3 is 1. The molecule has 2 amide bonds. The van der Waals surface area contributed by atoms with Crippen LogP contribution in [0.1, 0.15) is 10.5 Å². The van der Waals surface area contributed by atoms with E-state index in [1.807, 2.05) is 18.2 Å². The Balaban J connectivity index is 1.82. The minimum atomic E-state index is -0.381. The Morgan fingerprint density at radius 1 is 1.38 bits per heavy atom. The van der Waals surface area contributed by atoms with Gasteiger partial charge in [-0.25, -0.2) is 0 Å². The van der Waals surface area contributed by atoms with Gasteiger partial charge < -0.3 is 25.0 Å². The second-order valence-corrected chi connectivity index (χ2v) is 6.01. The van der Waals surface area contributed by atoms with Gasteiger partial charge in [-0.3, -0.25) is 9.59 Å². The highest BCUT2D eigenvalue weighted by Crippen LogP contribution is 2.27. The number of nitrogens with one attached hydrogen (secondary N) is 2. The first-order chi connectivity index (χ1) is 11.6. The summed E-state index contributed by atoms with van der Waals surface area (Å²) in [6.45, 7) is 0.556. The number of carbonyl (C=O) groups excluding carboxylic acids is 2. The molecule has 0 aliphatic carbocycles. The van der Waals surface area contributed by atoms with E-state index in [0.29, 0.717) is 18.8 Å². The molecule has 1 aromatic heterocycles. The van der Waals surface area contributed by atoms with Gasteiger partial charge in [0.25, 0.3) is 5.91 Å². The smallest absolute Gasteiger partial charge is 0.270 e. The van der Waals surface area contributed by atoms with Crippen LogP contribution in [-0.4, -0.2) is 60.7 Å². The lowest BCUT2D eigenvalue weighted by Gasteiger charge is -2.15. The summed E-state index contributed by atoms with van der Waals surface area (Å²) < 4.78 is 5.19. The van der Waals surface area contributed by atoms with Gasteiger partial charge in [0.15, 0.2) is 0 Å². The molecular formula is C17H21N3O4. The average molecular weight is 331 g/mol. The van der Waals surface area contributed by atoms with Crippen molar-refractivity contribution in [3.8, 4) is 5.75 Å². The molecule has 2 aromatic rings. The Kier molecular flexibility index (Phi) is 4.44. The third kappa shape index (κ3) is 2.82. The van der Waals surface area contributed by atoms with Crippen LogP contribution in [0.25, 0.3) is 10.9 Å². The lowest BCUT2D eigenvalue weighted by molar-refractivity contribution is -0.125. The van der Waals surface area contributed by atoms with Crippen molar-refractivity contribution in [2.75, 3.05) is 33.9 Å². The summed E-state index contributed by atoms with van der Waals surface area (Å²) in [5, 5.41) is 13.0. The summed E-state index contributed by atoms with van der Waals surface area (Å²) in [5.41, 5.74) is 1.31. The molecule has 7 nitrogen and oxygen atoms in total. The van der Waals surface area contributed by atoms with Gasteiger partial charge in [-0.15, -0.1) is 0 Å². The lowest BCUT2D eigenvalue weighted by atomic mass is 9.96. The number of aromatic nitrogens is 1. The number of likely N-dealkylation sites (tertiary alicyclic amines) is 1. The summed E-state index contributed by atoms with van der Waals surface area (Å²) in [6, 6.07) is 7.32. The standard InChI is InChI=1S/C17H21N3O4/c1-18-16(22)13-8-20(7-11(13)9-21)17(23)15-6-10-5-12(24-2)3-4-14(10)19-15/h3-6,11,13,19,21H,7-9H2,1-2H3,(H,18,22)/t11-,13+/m0/s1. The van der Waals surface area contributed by atoms with Crippen LogP contribution >= 0.6 is 0 Å². The molecule has 3 rings (SSSR count). The minimum Gasteiger partial charge on any atom is -0.497 e. The SMILES string of the molecule is CNC(=O)[C@@H]1CN(C(=O)c2cc3cc(OC)ccc3[nH]2)C[C@H]1CO. The maximum atomic E-state index is 12.7. The average Bonchev–Trinajstić information content (AvgIpc) is 3.23. The van der Waals surface area contributed by atoms with Crippen molar-refractivity contribution in [2.24, 2.45) is 11.8 Å². The van der Waals surface area contributed by atoms with E-state index in [1.165, 1.54) is 0 Å². The highest BCUT2D eigenvalue weighted by Gasteiger charge is 2.39. The Labute approximate surface area is 139 Å². The zero-order valence-electron chi connectivity index (χ0n) is 13.7. The van der Waals surface area contributed by atoms with Crippen molar-refractivity contribution < 1.29 is 19.4 Å². The van der Waals surface area contributed by atoms with Gasteiger partial charge in [0.2, 0.25) is 5.91 Å². The van der Waals surface area contributed by atoms with Gasteiger partial charge in [-0.05, 0) is 24.3 Å². The topological polar surface area (TPSA) is 94.7 Å². The second-order valence-electron chi connectivity index (χ2n) is 6.01. The number of aromatic amines is 1. The van der Waals surface area contributed by atoms with Gasteiger partial charge in [0.05, 0.1) is 13.0 Å². The fraction of sp³-hybridized carbons (Fsp3) is 0.412. The molecule has 128 valence electrons. The van der Waals surface area contributed by atoms with E-state index >= 15 is 0 Å². The van der Waals surface area contributed by atoms with E-state index in [9.17, 15) is 14.7 Å². The number of nitrogens with zero attached hydrogens (tertiary/aromatic N) is 1. The van der Waals surface area contributed by atoms with Crippen molar-refractivity contribution in [2.45, 2.75) is 0 Å². The molecule has 0 spiro atoms. The van der Waals surface area contributed by atoms with Gasteiger partial charge in [0.1, 0.15) is 11.4 Å². The molecule has 2 atom stereocenters. The molecule has 24 heavy (non-hydrogen) atoms. The van der Waals surface area contributed by atoms with Crippen LogP contribution in [0, 0.1) is 11.8 Å². The fourth-order valence-electron chi connectivity index (χ4n) is 3.23. The molecule has 1 saturated heterocycles. The Morgan fingerprint density at radius 3 is 2.83 bits per heavy atom. The summed E-state index contributed by atoms with van der Waals surface area (Å²) in [4.78, 5) is 29.4. The quantitative estimate of drug-likeness (QED) is 0.765. The lowest BCUT2D eigenvalue weighted by Crippen LogP contribution is -2.34. The number of fused-ring (bicyclic) bond motifs is 1. The van der Waals surface area contributed by atoms with Crippen LogP contribution in [0.4, 0.5) is 0 Å². The summed E-state index contributed by atoms with van der Waals surface area (Å²) >= 11 is 0. The Bertz CT molecular complexity index is 770. The number of amides is 2. The molecule has 0 radical (unpaired) electrons. The predicted molar refractivity (Wildman–Crippen MR) is 88.9 cm³/mol. The zero-order valence-corrected chi connectivity index (χ0v) is 13.7. The molecular weight excluding hydrogens is 310 g/mol. The highest BCUT2D eigenvalue weighted by atomic mass is 16.5. The number of aliphatic hydroxyl groups is 1. The first-order valence-corrected chi connectivity index (χ1v) is 7.86. The van der Waals surface area contributed by atoms with Crippen molar-refractivity contribution >= 4 is 22.7 Å².